The van der Waals surface area contributed by atoms with Gasteiger partial charge in [-0.1, -0.05) is 23.7 Å². The molecule has 0 bridgehead atoms. The van der Waals surface area contributed by atoms with Crippen molar-refractivity contribution in [1.29, 1.82) is 0 Å². The first-order valence-electron chi connectivity index (χ1n) is 6.41. The molecule has 1 aromatic carbocycles. The maximum Gasteiger partial charge on any atom is 0.164 e. The lowest BCUT2D eigenvalue weighted by Crippen LogP contribution is -2.50. The van der Waals surface area contributed by atoms with Crippen molar-refractivity contribution in [3.05, 3.63) is 34.9 Å². The summed E-state index contributed by atoms with van der Waals surface area (Å²) in [5.74, 6) is 1.51. The summed E-state index contributed by atoms with van der Waals surface area (Å²) in [4.78, 5) is 2.00. The van der Waals surface area contributed by atoms with E-state index in [-0.39, 0.29) is 6.04 Å². The molecule has 1 heterocycles. The lowest BCUT2D eigenvalue weighted by Gasteiger charge is -2.39. The van der Waals surface area contributed by atoms with Gasteiger partial charge in [-0.2, -0.15) is 11.8 Å². The van der Waals surface area contributed by atoms with Gasteiger partial charge in [0.25, 0.3) is 0 Å². The average molecular weight is 335 g/mol. The number of nitrogens with two attached hydrogens (primary N) is 1. The number of thioether (sulfide) groups is 1. The number of benzene rings is 1. The zero-order chi connectivity index (χ0) is 14.8. The molecule has 112 valence electrons. The van der Waals surface area contributed by atoms with Crippen LogP contribution in [0.2, 0.25) is 5.02 Å². The number of hydrogen-bond acceptors (Lipinski definition) is 5. The molecule has 0 radical (unpaired) electrons. The van der Waals surface area contributed by atoms with Crippen LogP contribution in [0.5, 0.6) is 0 Å². The maximum absolute atomic E-state index is 12.0. The van der Waals surface area contributed by atoms with E-state index in [0.29, 0.717) is 17.3 Å². The first-order valence-corrected chi connectivity index (χ1v) is 9.90. The second kappa shape index (κ2) is 6.66. The molecule has 2 rings (SSSR count). The molecule has 2 unspecified atom stereocenters. The number of sulfone groups is 1. The van der Waals surface area contributed by atoms with Gasteiger partial charge in [-0.15, -0.1) is 0 Å². The number of hydrogen-bond donors (Lipinski definition) is 1. The Hall–Kier alpha value is -0.270. The summed E-state index contributed by atoms with van der Waals surface area (Å²) >= 11 is 7.70. The van der Waals surface area contributed by atoms with Crippen molar-refractivity contribution >= 4 is 33.2 Å². The third kappa shape index (κ3) is 3.68. The molecule has 1 aromatic rings. The van der Waals surface area contributed by atoms with Gasteiger partial charge in [0.1, 0.15) is 5.37 Å². The van der Waals surface area contributed by atoms with Crippen LogP contribution in [0.4, 0.5) is 0 Å². The molecule has 1 aliphatic heterocycles. The first kappa shape index (κ1) is 16.1. The van der Waals surface area contributed by atoms with Crippen LogP contribution in [0, 0.1) is 0 Å². The summed E-state index contributed by atoms with van der Waals surface area (Å²) in [6, 6.07) is 7.37. The molecular weight excluding hydrogens is 316 g/mol. The van der Waals surface area contributed by atoms with Crippen molar-refractivity contribution in [3.63, 3.8) is 0 Å². The van der Waals surface area contributed by atoms with E-state index >= 15 is 0 Å². The van der Waals surface area contributed by atoms with Crippen molar-refractivity contribution in [2.45, 2.75) is 11.4 Å². The van der Waals surface area contributed by atoms with E-state index in [0.717, 1.165) is 17.9 Å². The van der Waals surface area contributed by atoms with Gasteiger partial charge in [0, 0.05) is 41.9 Å². The highest BCUT2D eigenvalue weighted by Gasteiger charge is 2.35. The molecule has 0 spiro atoms. The van der Waals surface area contributed by atoms with Gasteiger partial charge in [0.2, 0.25) is 0 Å². The third-order valence-electron chi connectivity index (χ3n) is 3.48. The van der Waals surface area contributed by atoms with Gasteiger partial charge < -0.3 is 5.73 Å². The van der Waals surface area contributed by atoms with E-state index in [2.05, 4.69) is 0 Å². The molecule has 0 aliphatic carbocycles. The van der Waals surface area contributed by atoms with Crippen molar-refractivity contribution in [1.82, 2.24) is 4.90 Å². The van der Waals surface area contributed by atoms with Crippen molar-refractivity contribution < 1.29 is 8.42 Å². The van der Waals surface area contributed by atoms with Gasteiger partial charge >= 0.3 is 0 Å². The van der Waals surface area contributed by atoms with Crippen molar-refractivity contribution in [2.24, 2.45) is 5.73 Å². The van der Waals surface area contributed by atoms with Crippen LogP contribution in [-0.4, -0.2) is 49.5 Å². The predicted molar refractivity (Wildman–Crippen MR) is 85.9 cm³/mol. The maximum atomic E-state index is 12.0. The smallest absolute Gasteiger partial charge is 0.164 e. The van der Waals surface area contributed by atoms with Crippen molar-refractivity contribution in [3.8, 4) is 0 Å². The molecule has 0 saturated carbocycles. The number of halogens is 1. The molecule has 1 fully saturated rings. The molecule has 7 heteroatoms. The molecule has 1 saturated heterocycles. The van der Waals surface area contributed by atoms with E-state index in [4.69, 9.17) is 17.3 Å². The Bertz CT molecular complexity index is 565. The largest absolute Gasteiger partial charge is 0.329 e. The van der Waals surface area contributed by atoms with Crippen LogP contribution in [0.1, 0.15) is 11.6 Å². The van der Waals surface area contributed by atoms with E-state index in [9.17, 15) is 8.42 Å². The fraction of sp³-hybridized carbons (Fsp3) is 0.538. The monoisotopic (exact) mass is 334 g/mol. The fourth-order valence-corrected chi connectivity index (χ4v) is 5.62. The SMILES string of the molecule is CS(=O)(=O)C1CSCCN1C(CN)c1cccc(Cl)c1. The molecule has 0 amide bonds. The molecule has 20 heavy (non-hydrogen) atoms. The Morgan fingerprint density at radius 2 is 2.30 bits per heavy atom. The molecule has 1 aliphatic rings. The molecule has 0 aromatic heterocycles. The summed E-state index contributed by atoms with van der Waals surface area (Å²) in [5, 5.41) is 0.164. The summed E-state index contributed by atoms with van der Waals surface area (Å²) in [6.45, 7) is 1.09. The number of rotatable bonds is 4. The van der Waals surface area contributed by atoms with E-state index in [1.807, 2.05) is 23.1 Å². The second-order valence-corrected chi connectivity index (χ2v) is 8.69. The Morgan fingerprint density at radius 1 is 1.55 bits per heavy atom. The van der Waals surface area contributed by atoms with Gasteiger partial charge in [0.05, 0.1) is 0 Å². The average Bonchev–Trinajstić information content (AvgIpc) is 2.39. The summed E-state index contributed by atoms with van der Waals surface area (Å²) in [7, 11) is -3.13. The van der Waals surface area contributed by atoms with E-state index < -0.39 is 15.2 Å². The summed E-state index contributed by atoms with van der Waals surface area (Å²) in [5.41, 5.74) is 6.88. The molecule has 2 N–H and O–H groups in total. The third-order valence-corrected chi connectivity index (χ3v) is 6.37. The second-order valence-electron chi connectivity index (χ2n) is 4.90. The van der Waals surface area contributed by atoms with Crippen LogP contribution in [-0.2, 0) is 9.84 Å². The lowest BCUT2D eigenvalue weighted by atomic mass is 10.1. The molecule has 4 nitrogen and oxygen atoms in total. The van der Waals surface area contributed by atoms with Crippen LogP contribution < -0.4 is 5.73 Å². The minimum atomic E-state index is -3.13. The lowest BCUT2D eigenvalue weighted by molar-refractivity contribution is 0.198. The Labute approximate surface area is 129 Å². The number of nitrogens with zero attached hydrogens (tertiary/aromatic N) is 1. The highest BCUT2D eigenvalue weighted by Crippen LogP contribution is 2.30. The highest BCUT2D eigenvalue weighted by atomic mass is 35.5. The predicted octanol–water partition coefficient (Wildman–Crippen LogP) is 1.76. The summed E-state index contributed by atoms with van der Waals surface area (Å²) < 4.78 is 24.0. The molecular formula is C13H19ClN2O2S2. The van der Waals surface area contributed by atoms with Crippen molar-refractivity contribution in [2.75, 3.05) is 30.9 Å². The standard InChI is InChI=1S/C13H19ClN2O2S2/c1-20(17,18)13-9-19-6-5-16(13)12(8-15)10-3-2-4-11(14)7-10/h2-4,7,12-13H,5-6,8-9,15H2,1H3. The molecule has 2 atom stereocenters. The zero-order valence-electron chi connectivity index (χ0n) is 11.3. The Kier molecular flexibility index (Phi) is 5.36. The van der Waals surface area contributed by atoms with E-state index in [1.54, 1.807) is 17.8 Å². The normalized spacial score (nSPS) is 22.6. The Morgan fingerprint density at radius 3 is 2.90 bits per heavy atom. The van der Waals surface area contributed by atoms with Crippen LogP contribution in [0.15, 0.2) is 24.3 Å². The van der Waals surface area contributed by atoms with Gasteiger partial charge in [-0.25, -0.2) is 8.42 Å². The Balaban J connectivity index is 2.33. The minimum absolute atomic E-state index is 0.116. The zero-order valence-corrected chi connectivity index (χ0v) is 13.7. The fourth-order valence-electron chi connectivity index (χ4n) is 2.50. The van der Waals surface area contributed by atoms with Gasteiger partial charge in [-0.3, -0.25) is 4.90 Å². The van der Waals surface area contributed by atoms with Crippen LogP contribution >= 0.6 is 23.4 Å². The highest BCUT2D eigenvalue weighted by molar-refractivity contribution is 8.00. The van der Waals surface area contributed by atoms with E-state index in [1.165, 1.54) is 6.26 Å². The topological polar surface area (TPSA) is 63.4 Å². The summed E-state index contributed by atoms with van der Waals surface area (Å²) in [6.07, 6.45) is 1.29. The van der Waals surface area contributed by atoms with Gasteiger partial charge in [-0.05, 0) is 17.7 Å². The van der Waals surface area contributed by atoms with Gasteiger partial charge in [0.15, 0.2) is 9.84 Å². The minimum Gasteiger partial charge on any atom is -0.329 e. The first-order chi connectivity index (χ1) is 9.43. The van der Waals surface area contributed by atoms with Crippen LogP contribution in [0.25, 0.3) is 0 Å². The quantitative estimate of drug-likeness (QED) is 0.909. The van der Waals surface area contributed by atoms with Crippen LogP contribution in [0.3, 0.4) is 0 Å².